The standard InChI is InChI=1S/C56H94NO8P/c1-6-8-10-12-13-14-15-16-17-18-19-20-21-22-23-24-25-26-27-28-29-30-31-32-33-34-35-36-37-38-39-40-41-42-43-45-47-49-56(59)65-54(52-62-55(58)48-46-44-11-9-7-2)53-64-66(60,61)63-51-50-57(3,4)5/h8,10,13-14,16-17,19-20,22-23,25-26,28-29,31-32,34-35,54H,6-7,9,11-12,15,18,21,24,27,30,33,36-53H2,1-5H3/p+1/b10-8-,14-13-,17-16-,20-19-,23-22-,26-25-,29-28-,32-31-,35-34-. The van der Waals surface area contributed by atoms with Gasteiger partial charge in [0, 0.05) is 12.8 Å². The second-order valence-electron chi connectivity index (χ2n) is 17.8. The Labute approximate surface area is 404 Å². The Balaban J connectivity index is 4.00. The van der Waals surface area contributed by atoms with Crippen molar-refractivity contribution in [2.75, 3.05) is 47.5 Å². The zero-order valence-electron chi connectivity index (χ0n) is 42.4. The van der Waals surface area contributed by atoms with Gasteiger partial charge in [-0.25, -0.2) is 4.57 Å². The van der Waals surface area contributed by atoms with Gasteiger partial charge in [-0.2, -0.15) is 0 Å². The Hall–Kier alpha value is -3.33. The molecule has 0 bridgehead atoms. The number of allylic oxidation sites excluding steroid dienone is 18. The highest BCUT2D eigenvalue weighted by atomic mass is 31.2. The van der Waals surface area contributed by atoms with Crippen molar-refractivity contribution in [2.24, 2.45) is 0 Å². The monoisotopic (exact) mass is 941 g/mol. The van der Waals surface area contributed by atoms with Gasteiger partial charge in [0.05, 0.1) is 27.7 Å². The summed E-state index contributed by atoms with van der Waals surface area (Å²) >= 11 is 0. The van der Waals surface area contributed by atoms with Crippen LogP contribution in [-0.2, 0) is 32.7 Å². The maximum atomic E-state index is 12.7. The van der Waals surface area contributed by atoms with E-state index >= 15 is 0 Å². The Bertz CT molecular complexity index is 1480. The number of likely N-dealkylation sites (N-methyl/N-ethyl adjacent to an activating group) is 1. The maximum Gasteiger partial charge on any atom is 0.472 e. The van der Waals surface area contributed by atoms with Crippen molar-refractivity contribution in [3.8, 4) is 0 Å². The number of nitrogens with zero attached hydrogens (tertiary/aromatic N) is 1. The van der Waals surface area contributed by atoms with Crippen molar-refractivity contribution in [1.82, 2.24) is 0 Å². The molecular weight excluding hydrogens is 846 g/mol. The molecule has 0 radical (unpaired) electrons. The van der Waals surface area contributed by atoms with E-state index < -0.39 is 26.5 Å². The largest absolute Gasteiger partial charge is 0.472 e. The molecule has 66 heavy (non-hydrogen) atoms. The van der Waals surface area contributed by atoms with Crippen LogP contribution in [0.25, 0.3) is 0 Å². The molecule has 0 rings (SSSR count). The molecule has 0 amide bonds. The van der Waals surface area contributed by atoms with E-state index in [0.29, 0.717) is 17.4 Å². The lowest BCUT2D eigenvalue weighted by Crippen LogP contribution is -2.37. The minimum Gasteiger partial charge on any atom is -0.462 e. The Morgan fingerprint density at radius 2 is 0.864 bits per heavy atom. The van der Waals surface area contributed by atoms with Gasteiger partial charge in [0.2, 0.25) is 0 Å². The normalized spacial score (nSPS) is 14.3. The van der Waals surface area contributed by atoms with Crippen molar-refractivity contribution in [3.63, 3.8) is 0 Å². The zero-order valence-corrected chi connectivity index (χ0v) is 43.3. The van der Waals surface area contributed by atoms with Gasteiger partial charge in [-0.15, -0.1) is 0 Å². The quantitative estimate of drug-likeness (QED) is 0.0211. The third-order valence-electron chi connectivity index (χ3n) is 10.3. The van der Waals surface area contributed by atoms with E-state index in [1.54, 1.807) is 0 Å². The molecule has 0 aliphatic rings. The number of ether oxygens (including phenoxy) is 2. The van der Waals surface area contributed by atoms with E-state index in [1.807, 2.05) is 21.1 Å². The van der Waals surface area contributed by atoms with Crippen LogP contribution in [0.5, 0.6) is 0 Å². The molecule has 10 heteroatoms. The predicted molar refractivity (Wildman–Crippen MR) is 279 cm³/mol. The van der Waals surface area contributed by atoms with Crippen LogP contribution >= 0.6 is 7.82 Å². The third kappa shape index (κ3) is 50.1. The number of quaternary nitrogens is 1. The summed E-state index contributed by atoms with van der Waals surface area (Å²) < 4.78 is 34.1. The zero-order chi connectivity index (χ0) is 48.5. The van der Waals surface area contributed by atoms with Crippen LogP contribution in [0.2, 0.25) is 0 Å². The number of phosphoric acid groups is 1. The van der Waals surface area contributed by atoms with Gasteiger partial charge >= 0.3 is 19.8 Å². The van der Waals surface area contributed by atoms with Gasteiger partial charge in [0.15, 0.2) is 6.10 Å². The Morgan fingerprint density at radius 3 is 1.29 bits per heavy atom. The van der Waals surface area contributed by atoms with Crippen molar-refractivity contribution >= 4 is 19.8 Å². The highest BCUT2D eigenvalue weighted by Gasteiger charge is 2.27. The lowest BCUT2D eigenvalue weighted by atomic mass is 10.1. The minimum atomic E-state index is -4.37. The Kier molecular flexibility index (Phi) is 44.4. The van der Waals surface area contributed by atoms with Gasteiger partial charge in [0.1, 0.15) is 19.8 Å². The maximum absolute atomic E-state index is 12.7. The SMILES string of the molecule is CC/C=C\C/C=C\C/C=C\C/C=C\C/C=C\C/C=C\C/C=C\C/C=C\C/C=C\CCCCCCCCCCCC(=O)OC(COC(=O)CCCCCCC)COP(=O)(O)OCC[N+](C)(C)C. The lowest BCUT2D eigenvalue weighted by molar-refractivity contribution is -0.870. The fourth-order valence-corrected chi connectivity index (χ4v) is 7.10. The van der Waals surface area contributed by atoms with E-state index in [1.165, 1.54) is 32.1 Å². The van der Waals surface area contributed by atoms with Crippen molar-refractivity contribution in [3.05, 3.63) is 109 Å². The fraction of sp³-hybridized carbons (Fsp3) is 0.643. The van der Waals surface area contributed by atoms with E-state index in [0.717, 1.165) is 116 Å². The number of carbonyl (C=O) groups excluding carboxylic acids is 2. The summed E-state index contributed by atoms with van der Waals surface area (Å²) in [6.07, 6.45) is 65.0. The third-order valence-corrected chi connectivity index (χ3v) is 11.3. The molecule has 0 saturated heterocycles. The molecule has 0 saturated carbocycles. The molecule has 2 unspecified atom stereocenters. The van der Waals surface area contributed by atoms with Crippen molar-refractivity contribution < 1.29 is 42.1 Å². The summed E-state index contributed by atoms with van der Waals surface area (Å²) in [6.45, 7) is 4.18. The van der Waals surface area contributed by atoms with Crippen LogP contribution in [0.15, 0.2) is 109 Å². The average Bonchev–Trinajstić information content (AvgIpc) is 3.27. The minimum absolute atomic E-state index is 0.0260. The number of unbranched alkanes of at least 4 members (excludes halogenated alkanes) is 13. The first-order chi connectivity index (χ1) is 32.0. The van der Waals surface area contributed by atoms with Crippen LogP contribution < -0.4 is 0 Å². The van der Waals surface area contributed by atoms with E-state index in [-0.39, 0.29) is 32.0 Å². The first kappa shape index (κ1) is 62.7. The second kappa shape index (κ2) is 46.8. The van der Waals surface area contributed by atoms with E-state index in [9.17, 15) is 19.0 Å². The molecule has 0 spiro atoms. The first-order valence-corrected chi connectivity index (χ1v) is 27.1. The molecule has 0 aromatic carbocycles. The van der Waals surface area contributed by atoms with Gasteiger partial charge < -0.3 is 18.9 Å². The van der Waals surface area contributed by atoms with Crippen LogP contribution in [0, 0.1) is 0 Å². The first-order valence-electron chi connectivity index (χ1n) is 25.6. The van der Waals surface area contributed by atoms with E-state index in [2.05, 4.69) is 123 Å². The lowest BCUT2D eigenvalue weighted by Gasteiger charge is -2.24. The highest BCUT2D eigenvalue weighted by molar-refractivity contribution is 7.47. The molecule has 2 atom stereocenters. The Morgan fingerprint density at radius 1 is 0.485 bits per heavy atom. The topological polar surface area (TPSA) is 108 Å². The van der Waals surface area contributed by atoms with Crippen LogP contribution in [-0.4, -0.2) is 74.9 Å². The van der Waals surface area contributed by atoms with Crippen molar-refractivity contribution in [1.29, 1.82) is 0 Å². The number of esters is 2. The molecular formula is C56H95NO8P+. The summed E-state index contributed by atoms with van der Waals surface area (Å²) in [7, 11) is 1.46. The van der Waals surface area contributed by atoms with E-state index in [4.69, 9.17) is 18.5 Å². The van der Waals surface area contributed by atoms with Gasteiger partial charge in [-0.1, -0.05) is 194 Å². The molecule has 0 heterocycles. The molecule has 0 aliphatic heterocycles. The average molecular weight is 941 g/mol. The molecule has 376 valence electrons. The molecule has 0 aliphatic carbocycles. The van der Waals surface area contributed by atoms with Gasteiger partial charge in [-0.3, -0.25) is 18.6 Å². The predicted octanol–water partition coefficient (Wildman–Crippen LogP) is 15.5. The molecule has 0 aromatic heterocycles. The van der Waals surface area contributed by atoms with Crippen molar-refractivity contribution in [2.45, 2.75) is 187 Å². The van der Waals surface area contributed by atoms with Crippen LogP contribution in [0.1, 0.15) is 181 Å². The summed E-state index contributed by atoms with van der Waals surface area (Å²) in [5.74, 6) is -0.827. The van der Waals surface area contributed by atoms with Gasteiger partial charge in [0.25, 0.3) is 0 Å². The van der Waals surface area contributed by atoms with Crippen LogP contribution in [0.3, 0.4) is 0 Å². The number of hydrogen-bond acceptors (Lipinski definition) is 7. The number of phosphoric ester groups is 1. The summed E-state index contributed by atoms with van der Waals surface area (Å²) in [5.41, 5.74) is 0. The fourth-order valence-electron chi connectivity index (χ4n) is 6.36. The smallest absolute Gasteiger partial charge is 0.462 e. The summed E-state index contributed by atoms with van der Waals surface area (Å²) in [4.78, 5) is 35.1. The molecule has 9 nitrogen and oxygen atoms in total. The van der Waals surface area contributed by atoms with Gasteiger partial charge in [-0.05, 0) is 83.5 Å². The number of carbonyl (C=O) groups is 2. The summed E-state index contributed by atoms with van der Waals surface area (Å²) in [6, 6.07) is 0. The molecule has 1 N–H and O–H groups in total. The number of hydrogen-bond donors (Lipinski definition) is 1. The second-order valence-corrected chi connectivity index (χ2v) is 19.3. The van der Waals surface area contributed by atoms with Crippen LogP contribution in [0.4, 0.5) is 0 Å². The summed E-state index contributed by atoms with van der Waals surface area (Å²) in [5, 5.41) is 0. The molecule has 0 fully saturated rings. The highest BCUT2D eigenvalue weighted by Crippen LogP contribution is 2.43. The molecule has 0 aromatic rings. The number of rotatable bonds is 45.